The zero-order valence-corrected chi connectivity index (χ0v) is 23.5. The predicted octanol–water partition coefficient (Wildman–Crippen LogP) is 6.69. The Bertz CT molecular complexity index is 1200. The summed E-state index contributed by atoms with van der Waals surface area (Å²) in [4.78, 5) is 28.7. The summed E-state index contributed by atoms with van der Waals surface area (Å²) < 4.78 is 6.64. The molecule has 1 N–H and O–H groups in total. The number of rotatable bonds is 9. The summed E-state index contributed by atoms with van der Waals surface area (Å²) in [6, 6.07) is 21.4. The number of ether oxygens (including phenoxy) is 1. The van der Waals surface area contributed by atoms with Gasteiger partial charge >= 0.3 is 0 Å². The van der Waals surface area contributed by atoms with Crippen molar-refractivity contribution in [3.63, 3.8) is 0 Å². The van der Waals surface area contributed by atoms with Crippen molar-refractivity contribution in [3.8, 4) is 5.75 Å². The van der Waals surface area contributed by atoms with Gasteiger partial charge in [-0.05, 0) is 62.2 Å². The molecule has 8 heteroatoms. The fraction of sp³-hybridized carbons (Fsp3) is 0.286. The highest BCUT2D eigenvalue weighted by molar-refractivity contribution is 9.10. The van der Waals surface area contributed by atoms with Crippen molar-refractivity contribution in [2.45, 2.75) is 45.3 Å². The van der Waals surface area contributed by atoms with E-state index in [9.17, 15) is 9.59 Å². The lowest BCUT2D eigenvalue weighted by molar-refractivity contribution is -0.143. The molecule has 0 aromatic heterocycles. The van der Waals surface area contributed by atoms with Crippen molar-refractivity contribution in [3.05, 3.63) is 98.4 Å². The molecule has 0 radical (unpaired) electrons. The van der Waals surface area contributed by atoms with E-state index < -0.39 is 11.6 Å². The Balaban J connectivity index is 1.94. The number of halogens is 3. The molecule has 0 spiro atoms. The molecule has 0 saturated carbocycles. The quantitative estimate of drug-likeness (QED) is 0.302. The van der Waals surface area contributed by atoms with Crippen LogP contribution >= 0.6 is 39.1 Å². The highest BCUT2D eigenvalue weighted by Crippen LogP contribution is 2.28. The van der Waals surface area contributed by atoms with Crippen LogP contribution in [0.4, 0.5) is 0 Å². The first kappa shape index (κ1) is 28.0. The molecule has 1 unspecified atom stereocenters. The van der Waals surface area contributed by atoms with Crippen LogP contribution in [0.5, 0.6) is 5.75 Å². The average molecular weight is 592 g/mol. The van der Waals surface area contributed by atoms with Gasteiger partial charge in [0.25, 0.3) is 5.91 Å². The fourth-order valence-electron chi connectivity index (χ4n) is 3.65. The van der Waals surface area contributed by atoms with E-state index in [2.05, 4.69) is 21.2 Å². The minimum Gasteiger partial charge on any atom is -0.482 e. The first-order valence-corrected chi connectivity index (χ1v) is 13.0. The Morgan fingerprint density at radius 1 is 0.972 bits per heavy atom. The Hall–Kier alpha value is -2.54. The van der Waals surface area contributed by atoms with E-state index in [1.807, 2.05) is 75.4 Å². The number of hydrogen-bond donors (Lipinski definition) is 1. The number of nitrogens with zero attached hydrogens (tertiary/aromatic N) is 1. The maximum absolute atomic E-state index is 13.6. The molecular weight excluding hydrogens is 563 g/mol. The normalized spacial score (nSPS) is 12.1. The van der Waals surface area contributed by atoms with Crippen molar-refractivity contribution >= 4 is 50.9 Å². The van der Waals surface area contributed by atoms with E-state index in [-0.39, 0.29) is 25.0 Å². The lowest BCUT2D eigenvalue weighted by atomic mass is 10.0. The molecule has 1 atom stereocenters. The standard InChI is InChI=1S/C28H29BrCl2N2O3/c1-28(2,3)32-27(35)24(15-19-8-5-4-6-9-19)33(17-20-10-7-11-21(29)14-20)26(34)18-36-25-13-12-22(30)16-23(25)31/h4-14,16,24H,15,17-18H2,1-3H3,(H,32,35). The first-order valence-electron chi connectivity index (χ1n) is 11.5. The molecule has 0 aliphatic carbocycles. The minimum absolute atomic E-state index is 0.227. The van der Waals surface area contributed by atoms with Gasteiger partial charge in [-0.15, -0.1) is 0 Å². The van der Waals surface area contributed by atoms with E-state index in [1.54, 1.807) is 23.1 Å². The molecule has 0 fully saturated rings. The Morgan fingerprint density at radius 2 is 1.67 bits per heavy atom. The third kappa shape index (κ3) is 8.54. The molecule has 3 aromatic rings. The lowest BCUT2D eigenvalue weighted by Crippen LogP contribution is -2.55. The summed E-state index contributed by atoms with van der Waals surface area (Å²) in [6.45, 7) is 5.68. The maximum Gasteiger partial charge on any atom is 0.261 e. The molecule has 3 rings (SSSR count). The van der Waals surface area contributed by atoms with Crippen LogP contribution in [-0.2, 0) is 22.6 Å². The van der Waals surface area contributed by atoms with Gasteiger partial charge in [0.15, 0.2) is 6.61 Å². The van der Waals surface area contributed by atoms with Gasteiger partial charge in [0, 0.05) is 28.0 Å². The SMILES string of the molecule is CC(C)(C)NC(=O)C(Cc1ccccc1)N(Cc1cccc(Br)c1)C(=O)COc1ccc(Cl)cc1Cl. The summed E-state index contributed by atoms with van der Waals surface area (Å²) in [5, 5.41) is 3.82. The number of amides is 2. The summed E-state index contributed by atoms with van der Waals surface area (Å²) in [5.74, 6) is -0.235. The predicted molar refractivity (Wildman–Crippen MR) is 148 cm³/mol. The zero-order chi connectivity index (χ0) is 26.3. The summed E-state index contributed by atoms with van der Waals surface area (Å²) in [7, 11) is 0. The molecular formula is C28H29BrCl2N2O3. The molecule has 0 aliphatic heterocycles. The van der Waals surface area contributed by atoms with Gasteiger partial charge in [-0.1, -0.05) is 81.6 Å². The van der Waals surface area contributed by atoms with Crippen LogP contribution in [-0.4, -0.2) is 34.9 Å². The van der Waals surface area contributed by atoms with Crippen LogP contribution in [0.3, 0.4) is 0 Å². The molecule has 0 bridgehead atoms. The van der Waals surface area contributed by atoms with Gasteiger partial charge in [0.1, 0.15) is 11.8 Å². The van der Waals surface area contributed by atoms with Gasteiger partial charge < -0.3 is 15.0 Å². The van der Waals surface area contributed by atoms with Crippen LogP contribution in [0.1, 0.15) is 31.9 Å². The van der Waals surface area contributed by atoms with Crippen molar-refractivity contribution in [1.82, 2.24) is 10.2 Å². The third-order valence-electron chi connectivity index (χ3n) is 5.26. The summed E-state index contributed by atoms with van der Waals surface area (Å²) in [5.41, 5.74) is 1.35. The summed E-state index contributed by atoms with van der Waals surface area (Å²) in [6.07, 6.45) is 0.351. The van der Waals surface area contributed by atoms with Crippen LogP contribution in [0.15, 0.2) is 77.3 Å². The number of benzene rings is 3. The van der Waals surface area contributed by atoms with Crippen LogP contribution in [0, 0.1) is 0 Å². The van der Waals surface area contributed by atoms with Crippen LogP contribution < -0.4 is 10.1 Å². The highest BCUT2D eigenvalue weighted by atomic mass is 79.9. The van der Waals surface area contributed by atoms with Gasteiger partial charge in [-0.3, -0.25) is 9.59 Å². The molecule has 2 amide bonds. The summed E-state index contributed by atoms with van der Waals surface area (Å²) >= 11 is 15.7. The second-order valence-corrected chi connectivity index (χ2v) is 11.2. The number of nitrogens with one attached hydrogen (secondary N) is 1. The minimum atomic E-state index is -0.762. The largest absolute Gasteiger partial charge is 0.482 e. The molecule has 5 nitrogen and oxygen atoms in total. The van der Waals surface area contributed by atoms with Crippen molar-refractivity contribution < 1.29 is 14.3 Å². The van der Waals surface area contributed by atoms with Crippen molar-refractivity contribution in [1.29, 1.82) is 0 Å². The van der Waals surface area contributed by atoms with E-state index in [1.165, 1.54) is 0 Å². The topological polar surface area (TPSA) is 58.6 Å². The van der Waals surface area contributed by atoms with E-state index in [0.29, 0.717) is 22.2 Å². The molecule has 36 heavy (non-hydrogen) atoms. The molecule has 0 aliphatic rings. The number of carbonyl (C=O) groups is 2. The third-order valence-corrected chi connectivity index (χ3v) is 6.28. The smallest absolute Gasteiger partial charge is 0.261 e. The van der Waals surface area contributed by atoms with Crippen LogP contribution in [0.2, 0.25) is 10.0 Å². The lowest BCUT2D eigenvalue weighted by Gasteiger charge is -2.33. The Kier molecular flexibility index (Phi) is 9.83. The molecule has 0 saturated heterocycles. The van der Waals surface area contributed by atoms with Gasteiger partial charge in [-0.25, -0.2) is 0 Å². The highest BCUT2D eigenvalue weighted by Gasteiger charge is 2.32. The van der Waals surface area contributed by atoms with Crippen LogP contribution in [0.25, 0.3) is 0 Å². The molecule has 190 valence electrons. The molecule has 3 aromatic carbocycles. The second kappa shape index (κ2) is 12.6. The van der Waals surface area contributed by atoms with Gasteiger partial charge in [-0.2, -0.15) is 0 Å². The zero-order valence-electron chi connectivity index (χ0n) is 20.4. The van der Waals surface area contributed by atoms with E-state index in [4.69, 9.17) is 27.9 Å². The maximum atomic E-state index is 13.6. The van der Waals surface area contributed by atoms with E-state index >= 15 is 0 Å². The monoisotopic (exact) mass is 590 g/mol. The first-order chi connectivity index (χ1) is 17.0. The van der Waals surface area contributed by atoms with Crippen molar-refractivity contribution in [2.75, 3.05) is 6.61 Å². The second-order valence-electron chi connectivity index (χ2n) is 9.46. The Morgan fingerprint density at radius 3 is 2.31 bits per heavy atom. The van der Waals surface area contributed by atoms with Crippen molar-refractivity contribution in [2.24, 2.45) is 0 Å². The Labute approximate surface area is 230 Å². The number of carbonyl (C=O) groups excluding carboxylic acids is 2. The van der Waals surface area contributed by atoms with Gasteiger partial charge in [0.05, 0.1) is 5.02 Å². The average Bonchev–Trinajstić information content (AvgIpc) is 2.80. The molecule has 0 heterocycles. The van der Waals surface area contributed by atoms with E-state index in [0.717, 1.165) is 15.6 Å². The van der Waals surface area contributed by atoms with Gasteiger partial charge in [0.2, 0.25) is 5.91 Å². The number of hydrogen-bond acceptors (Lipinski definition) is 3. The fourth-order valence-corrected chi connectivity index (χ4v) is 4.56.